The average Bonchev–Trinajstić information content (AvgIpc) is 2.71. The number of likely N-dealkylation sites (N-methyl/N-ethyl adjacent to an activating group) is 1. The molecule has 5 heteroatoms. The van der Waals surface area contributed by atoms with E-state index in [1.165, 1.54) is 13.4 Å². The molecule has 1 aromatic rings. The number of para-hydroxylation sites is 1. The third-order valence-electron chi connectivity index (χ3n) is 3.46. The van der Waals surface area contributed by atoms with Gasteiger partial charge in [-0.3, -0.25) is 4.79 Å². The maximum atomic E-state index is 12.6. The van der Waals surface area contributed by atoms with E-state index in [0.29, 0.717) is 6.42 Å². The van der Waals surface area contributed by atoms with Gasteiger partial charge in [-0.05, 0) is 6.07 Å². The van der Waals surface area contributed by atoms with Gasteiger partial charge in [0.15, 0.2) is 0 Å². The van der Waals surface area contributed by atoms with Crippen LogP contribution >= 0.6 is 0 Å². The Bertz CT molecular complexity index is 608. The van der Waals surface area contributed by atoms with E-state index in [2.05, 4.69) is 11.3 Å². The van der Waals surface area contributed by atoms with Crippen LogP contribution in [0.15, 0.2) is 49.3 Å². The van der Waals surface area contributed by atoms with Crippen LogP contribution in [-0.4, -0.2) is 26.0 Å². The number of benzene rings is 1. The second-order valence-corrected chi connectivity index (χ2v) is 4.64. The Balaban J connectivity index is 2.42. The first kappa shape index (κ1) is 14.8. The predicted octanol–water partition coefficient (Wildman–Crippen LogP) is 2.14. The van der Waals surface area contributed by atoms with Crippen molar-refractivity contribution in [2.24, 2.45) is 0 Å². The second-order valence-electron chi connectivity index (χ2n) is 4.64. The van der Waals surface area contributed by atoms with Gasteiger partial charge in [-0.25, -0.2) is 4.79 Å². The zero-order chi connectivity index (χ0) is 15.5. The van der Waals surface area contributed by atoms with Gasteiger partial charge in [0.2, 0.25) is 5.60 Å². The Morgan fingerprint density at radius 3 is 2.81 bits per heavy atom. The molecular weight excluding hydrogens is 270 g/mol. The van der Waals surface area contributed by atoms with E-state index in [0.717, 1.165) is 17.3 Å². The Morgan fingerprint density at radius 2 is 2.14 bits per heavy atom. The van der Waals surface area contributed by atoms with E-state index in [1.807, 2.05) is 24.3 Å². The highest BCUT2D eigenvalue weighted by Gasteiger charge is 2.50. The summed E-state index contributed by atoms with van der Waals surface area (Å²) < 4.78 is 10.2. The molecular formula is C16H17NO4. The fraction of sp³-hybridized carbons (Fsp3) is 0.250. The van der Waals surface area contributed by atoms with Crippen molar-refractivity contribution in [3.05, 3.63) is 54.8 Å². The molecule has 0 fully saturated rings. The van der Waals surface area contributed by atoms with Gasteiger partial charge in [0.1, 0.15) is 0 Å². The number of esters is 1. The summed E-state index contributed by atoms with van der Waals surface area (Å²) in [5, 5.41) is 0. The maximum Gasteiger partial charge on any atom is 0.333 e. The highest BCUT2D eigenvalue weighted by Crippen LogP contribution is 2.44. The van der Waals surface area contributed by atoms with Crippen molar-refractivity contribution >= 4 is 17.6 Å². The molecule has 0 saturated carbocycles. The smallest absolute Gasteiger partial charge is 0.333 e. The Morgan fingerprint density at radius 1 is 1.43 bits per heavy atom. The summed E-state index contributed by atoms with van der Waals surface area (Å²) in [5.41, 5.74) is 0.361. The summed E-state index contributed by atoms with van der Waals surface area (Å²) in [6, 6.07) is 7.39. The van der Waals surface area contributed by atoms with Crippen molar-refractivity contribution in [1.29, 1.82) is 0 Å². The lowest BCUT2D eigenvalue weighted by Gasteiger charge is -2.26. The molecule has 0 aromatic heterocycles. The van der Waals surface area contributed by atoms with Gasteiger partial charge in [-0.1, -0.05) is 24.3 Å². The van der Waals surface area contributed by atoms with Crippen LogP contribution in [0.5, 0.6) is 0 Å². The van der Waals surface area contributed by atoms with E-state index < -0.39 is 11.6 Å². The molecule has 1 atom stereocenters. The molecule has 1 amide bonds. The molecule has 0 radical (unpaired) electrons. The van der Waals surface area contributed by atoms with Crippen molar-refractivity contribution in [1.82, 2.24) is 0 Å². The lowest BCUT2D eigenvalue weighted by Crippen LogP contribution is -2.39. The Labute approximate surface area is 123 Å². The molecule has 1 heterocycles. The number of methoxy groups -OCH3 is 1. The van der Waals surface area contributed by atoms with Crippen LogP contribution in [0.2, 0.25) is 0 Å². The van der Waals surface area contributed by atoms with E-state index in [-0.39, 0.29) is 5.91 Å². The quantitative estimate of drug-likeness (QED) is 0.360. The fourth-order valence-corrected chi connectivity index (χ4v) is 2.44. The number of carbonyl (C=O) groups is 2. The molecule has 2 rings (SSSR count). The van der Waals surface area contributed by atoms with Crippen LogP contribution in [0.4, 0.5) is 5.69 Å². The van der Waals surface area contributed by atoms with Gasteiger partial charge in [0.05, 0.1) is 25.1 Å². The van der Waals surface area contributed by atoms with Crippen molar-refractivity contribution < 1.29 is 19.1 Å². The van der Waals surface area contributed by atoms with E-state index >= 15 is 0 Å². The number of amides is 1. The summed E-state index contributed by atoms with van der Waals surface area (Å²) in [7, 11) is 2.97. The van der Waals surface area contributed by atoms with Crippen molar-refractivity contribution in [2.75, 3.05) is 19.1 Å². The lowest BCUT2D eigenvalue weighted by molar-refractivity contribution is -0.138. The lowest BCUT2D eigenvalue weighted by atomic mass is 9.91. The topological polar surface area (TPSA) is 55.8 Å². The number of hydrogen-bond acceptors (Lipinski definition) is 4. The van der Waals surface area contributed by atoms with Crippen LogP contribution in [-0.2, 0) is 24.7 Å². The zero-order valence-electron chi connectivity index (χ0n) is 12.0. The molecule has 0 aliphatic carbocycles. The molecule has 110 valence electrons. The molecule has 0 saturated heterocycles. The molecule has 1 aromatic carbocycles. The van der Waals surface area contributed by atoms with E-state index in [1.54, 1.807) is 18.0 Å². The number of carbonyl (C=O) groups excluding carboxylic acids is 2. The molecule has 0 spiro atoms. The number of nitrogens with zero attached hydrogens (tertiary/aromatic N) is 1. The summed E-state index contributed by atoms with van der Waals surface area (Å²) in [6.45, 7) is 3.69. The van der Waals surface area contributed by atoms with Crippen molar-refractivity contribution in [2.45, 2.75) is 12.0 Å². The van der Waals surface area contributed by atoms with Gasteiger partial charge in [0, 0.05) is 19.0 Å². The van der Waals surface area contributed by atoms with Crippen molar-refractivity contribution in [3.63, 3.8) is 0 Å². The first-order chi connectivity index (χ1) is 10.1. The minimum absolute atomic E-state index is 0.196. The summed E-state index contributed by atoms with van der Waals surface area (Å²) >= 11 is 0. The molecule has 1 aliphatic rings. The number of ether oxygens (including phenoxy) is 2. The summed E-state index contributed by atoms with van der Waals surface area (Å²) in [5.74, 6) is -0.742. The number of hydrogen-bond donors (Lipinski definition) is 0. The minimum atomic E-state index is -1.18. The number of rotatable bonds is 5. The van der Waals surface area contributed by atoms with E-state index in [9.17, 15) is 9.59 Å². The standard InChI is InChI=1S/C16H17NO4/c1-4-10-16(21-11-9-14(18)20-3)12-7-5-6-8-13(12)17(2)15(16)19/h4-9,11H,1,10H2,2-3H3/b11-9-. The van der Waals surface area contributed by atoms with Gasteiger partial charge < -0.3 is 14.4 Å². The third-order valence-corrected chi connectivity index (χ3v) is 3.46. The number of fused-ring (bicyclic) bond motifs is 1. The van der Waals surface area contributed by atoms with Crippen LogP contribution < -0.4 is 4.90 Å². The van der Waals surface area contributed by atoms with Gasteiger partial charge in [-0.2, -0.15) is 0 Å². The third kappa shape index (κ3) is 2.42. The SMILES string of the molecule is C=CCC1(O/C=C\C(=O)OC)C(=O)N(C)c2ccccc21. The summed E-state index contributed by atoms with van der Waals surface area (Å²) in [6.07, 6.45) is 4.26. The van der Waals surface area contributed by atoms with E-state index in [4.69, 9.17) is 4.74 Å². The normalized spacial score (nSPS) is 20.5. The van der Waals surface area contributed by atoms with Crippen LogP contribution in [0, 0.1) is 0 Å². The first-order valence-electron chi connectivity index (χ1n) is 6.47. The van der Waals surface area contributed by atoms with Gasteiger partial charge in [-0.15, -0.1) is 6.58 Å². The van der Waals surface area contributed by atoms with Crippen LogP contribution in [0.25, 0.3) is 0 Å². The largest absolute Gasteiger partial charge is 0.480 e. The van der Waals surface area contributed by atoms with Gasteiger partial charge >= 0.3 is 5.97 Å². The van der Waals surface area contributed by atoms with Gasteiger partial charge in [0.25, 0.3) is 5.91 Å². The molecule has 21 heavy (non-hydrogen) atoms. The predicted molar refractivity (Wildman–Crippen MR) is 78.6 cm³/mol. The Kier molecular flexibility index (Phi) is 4.12. The molecule has 0 bridgehead atoms. The maximum absolute atomic E-state index is 12.6. The molecule has 5 nitrogen and oxygen atoms in total. The second kappa shape index (κ2) is 5.83. The summed E-state index contributed by atoms with van der Waals surface area (Å²) in [4.78, 5) is 25.3. The zero-order valence-corrected chi connectivity index (χ0v) is 12.0. The molecule has 0 N–H and O–H groups in total. The highest BCUT2D eigenvalue weighted by atomic mass is 16.5. The Hall–Kier alpha value is -2.56. The molecule has 1 aliphatic heterocycles. The first-order valence-corrected chi connectivity index (χ1v) is 6.47. The van der Waals surface area contributed by atoms with Crippen molar-refractivity contribution in [3.8, 4) is 0 Å². The number of anilines is 1. The average molecular weight is 287 g/mol. The fourth-order valence-electron chi connectivity index (χ4n) is 2.44. The van der Waals surface area contributed by atoms with Crippen LogP contribution in [0.3, 0.4) is 0 Å². The molecule has 1 unspecified atom stereocenters. The van der Waals surface area contributed by atoms with Crippen LogP contribution in [0.1, 0.15) is 12.0 Å². The highest BCUT2D eigenvalue weighted by molar-refractivity contribution is 6.06. The minimum Gasteiger partial charge on any atom is -0.480 e. The monoisotopic (exact) mass is 287 g/mol.